The number of hydrogen-bond acceptors (Lipinski definition) is 5. The van der Waals surface area contributed by atoms with Gasteiger partial charge in [-0.1, -0.05) is 18.2 Å². The van der Waals surface area contributed by atoms with E-state index in [4.69, 9.17) is 9.15 Å². The Morgan fingerprint density at radius 2 is 2.12 bits per heavy atom. The molecule has 0 amide bonds. The van der Waals surface area contributed by atoms with Crippen LogP contribution in [0.3, 0.4) is 0 Å². The minimum atomic E-state index is 0.344. The van der Waals surface area contributed by atoms with Gasteiger partial charge < -0.3 is 9.15 Å². The monoisotopic (exact) mass is 336 g/mol. The quantitative estimate of drug-likeness (QED) is 0.615. The summed E-state index contributed by atoms with van der Waals surface area (Å²) in [6.07, 6.45) is 1.70. The van der Waals surface area contributed by atoms with E-state index in [9.17, 15) is 5.26 Å². The number of nitriles is 1. The summed E-state index contributed by atoms with van der Waals surface area (Å²) in [7, 11) is 0. The van der Waals surface area contributed by atoms with Crippen molar-refractivity contribution in [1.29, 1.82) is 5.26 Å². The number of furan rings is 1. The van der Waals surface area contributed by atoms with Gasteiger partial charge in [-0.05, 0) is 37.6 Å². The fraction of sp³-hybridized carbons (Fsp3) is 0.158. The number of benzene rings is 1. The zero-order valence-electron chi connectivity index (χ0n) is 13.4. The van der Waals surface area contributed by atoms with E-state index in [0.29, 0.717) is 28.7 Å². The smallest absolute Gasteiger partial charge is 0.146 e. The fourth-order valence-electron chi connectivity index (χ4n) is 2.18. The molecule has 2 heterocycles. The molecule has 2 aromatic heterocycles. The summed E-state index contributed by atoms with van der Waals surface area (Å²) < 4.78 is 11.5. The lowest BCUT2D eigenvalue weighted by Gasteiger charge is -2.06. The molecule has 0 saturated heterocycles. The predicted octanol–water partition coefficient (Wildman–Crippen LogP) is 5.00. The summed E-state index contributed by atoms with van der Waals surface area (Å²) >= 11 is 1.45. The molecule has 120 valence electrons. The maximum Gasteiger partial charge on any atom is 0.146 e. The van der Waals surface area contributed by atoms with Crippen molar-refractivity contribution in [3.63, 3.8) is 0 Å². The number of ether oxygens (including phenoxy) is 1. The Bertz CT molecular complexity index is 915. The van der Waals surface area contributed by atoms with Crippen molar-refractivity contribution in [1.82, 2.24) is 4.98 Å². The van der Waals surface area contributed by atoms with Crippen LogP contribution in [0.25, 0.3) is 11.6 Å². The van der Waals surface area contributed by atoms with Crippen LogP contribution in [0.2, 0.25) is 0 Å². The second-order valence-electron chi connectivity index (χ2n) is 5.32. The average Bonchev–Trinajstić information content (AvgIpc) is 3.21. The zero-order chi connectivity index (χ0) is 16.9. The van der Waals surface area contributed by atoms with Crippen molar-refractivity contribution in [2.24, 2.45) is 0 Å². The first-order valence-electron chi connectivity index (χ1n) is 7.47. The van der Waals surface area contributed by atoms with Gasteiger partial charge in [0.05, 0.1) is 5.57 Å². The average molecular weight is 336 g/mol. The van der Waals surface area contributed by atoms with Crippen LogP contribution in [0.5, 0.6) is 5.75 Å². The molecule has 5 heteroatoms. The van der Waals surface area contributed by atoms with Crippen molar-refractivity contribution < 1.29 is 9.15 Å². The van der Waals surface area contributed by atoms with Gasteiger partial charge in [-0.25, -0.2) is 4.98 Å². The third-order valence-corrected chi connectivity index (χ3v) is 4.40. The molecule has 0 bridgehead atoms. The molecule has 0 unspecified atom stereocenters. The maximum atomic E-state index is 9.32. The minimum absolute atomic E-state index is 0.344. The standard InChI is InChI=1S/C19H16N2O2S/c1-13-5-3-4-6-18(13)22-11-17-8-7-16(23-17)9-15(10-20)19-21-14(2)12-24-19/h3-9,12H,11H2,1-2H3/b15-9-. The van der Waals surface area contributed by atoms with Gasteiger partial charge in [0.2, 0.25) is 0 Å². The summed E-state index contributed by atoms with van der Waals surface area (Å²) in [5.74, 6) is 2.15. The number of aromatic nitrogens is 1. The third-order valence-electron chi connectivity index (χ3n) is 3.40. The van der Waals surface area contributed by atoms with Crippen LogP contribution in [-0.4, -0.2) is 4.98 Å². The van der Waals surface area contributed by atoms with Crippen LogP contribution in [0.4, 0.5) is 0 Å². The maximum absolute atomic E-state index is 9.32. The van der Waals surface area contributed by atoms with Crippen molar-refractivity contribution in [3.05, 3.63) is 69.6 Å². The first-order valence-corrected chi connectivity index (χ1v) is 8.35. The molecule has 0 fully saturated rings. The number of para-hydroxylation sites is 1. The fourth-order valence-corrected chi connectivity index (χ4v) is 2.94. The van der Waals surface area contributed by atoms with Gasteiger partial charge in [-0.15, -0.1) is 11.3 Å². The Labute approximate surface area is 144 Å². The number of allylic oxidation sites excluding steroid dienone is 1. The normalized spacial score (nSPS) is 11.3. The molecule has 3 rings (SSSR count). The van der Waals surface area contributed by atoms with E-state index in [1.807, 2.05) is 55.6 Å². The molecule has 0 aliphatic rings. The van der Waals surface area contributed by atoms with Gasteiger partial charge in [-0.2, -0.15) is 5.26 Å². The molecule has 1 aromatic carbocycles. The molecular weight excluding hydrogens is 320 g/mol. The van der Waals surface area contributed by atoms with Crippen LogP contribution >= 0.6 is 11.3 Å². The van der Waals surface area contributed by atoms with Gasteiger partial charge >= 0.3 is 0 Å². The molecule has 0 atom stereocenters. The molecule has 0 saturated carbocycles. The van der Waals surface area contributed by atoms with Crippen LogP contribution in [0, 0.1) is 25.2 Å². The van der Waals surface area contributed by atoms with Gasteiger partial charge in [0, 0.05) is 17.2 Å². The van der Waals surface area contributed by atoms with Crippen molar-refractivity contribution in [3.8, 4) is 11.8 Å². The van der Waals surface area contributed by atoms with E-state index < -0.39 is 0 Å². The molecule has 24 heavy (non-hydrogen) atoms. The number of nitrogens with zero attached hydrogens (tertiary/aromatic N) is 2. The second kappa shape index (κ2) is 7.16. The SMILES string of the molecule is Cc1csc(/C(C#N)=C\c2ccc(COc3ccccc3C)o2)n1. The molecule has 0 aliphatic heterocycles. The van der Waals surface area contributed by atoms with E-state index in [1.165, 1.54) is 11.3 Å². The van der Waals surface area contributed by atoms with Gasteiger partial charge in [-0.3, -0.25) is 0 Å². The lowest BCUT2D eigenvalue weighted by molar-refractivity contribution is 0.268. The summed E-state index contributed by atoms with van der Waals surface area (Å²) in [6, 6.07) is 13.7. The number of rotatable bonds is 5. The number of hydrogen-bond donors (Lipinski definition) is 0. The predicted molar refractivity (Wildman–Crippen MR) is 94.6 cm³/mol. The highest BCUT2D eigenvalue weighted by Gasteiger charge is 2.08. The Morgan fingerprint density at radius 3 is 2.83 bits per heavy atom. The Kier molecular flexibility index (Phi) is 4.78. The van der Waals surface area contributed by atoms with Crippen LogP contribution in [0.1, 0.15) is 27.8 Å². The topological polar surface area (TPSA) is 59.0 Å². The van der Waals surface area contributed by atoms with Gasteiger partial charge in [0.15, 0.2) is 0 Å². The molecular formula is C19H16N2O2S. The summed E-state index contributed by atoms with van der Waals surface area (Å²) in [5, 5.41) is 11.9. The Morgan fingerprint density at radius 1 is 1.29 bits per heavy atom. The highest BCUT2D eigenvalue weighted by atomic mass is 32.1. The highest BCUT2D eigenvalue weighted by Crippen LogP contribution is 2.23. The Balaban J connectivity index is 1.72. The number of thiazole rings is 1. The summed E-state index contributed by atoms with van der Waals surface area (Å²) in [4.78, 5) is 4.33. The van der Waals surface area contributed by atoms with E-state index in [1.54, 1.807) is 6.08 Å². The van der Waals surface area contributed by atoms with Gasteiger partial charge in [0.1, 0.15) is 35.0 Å². The van der Waals surface area contributed by atoms with Gasteiger partial charge in [0.25, 0.3) is 0 Å². The lowest BCUT2D eigenvalue weighted by Crippen LogP contribution is -1.95. The van der Waals surface area contributed by atoms with Crippen LogP contribution in [0.15, 0.2) is 46.2 Å². The molecule has 4 nitrogen and oxygen atoms in total. The minimum Gasteiger partial charge on any atom is -0.485 e. The summed E-state index contributed by atoms with van der Waals surface area (Å²) in [6.45, 7) is 4.25. The van der Waals surface area contributed by atoms with Crippen molar-refractivity contribution in [2.75, 3.05) is 0 Å². The zero-order valence-corrected chi connectivity index (χ0v) is 14.3. The van der Waals surface area contributed by atoms with Crippen LogP contribution in [-0.2, 0) is 6.61 Å². The number of aryl methyl sites for hydroxylation is 2. The van der Waals surface area contributed by atoms with E-state index >= 15 is 0 Å². The molecule has 0 aliphatic carbocycles. The molecule has 3 aromatic rings. The van der Waals surface area contributed by atoms with Crippen molar-refractivity contribution >= 4 is 23.0 Å². The largest absolute Gasteiger partial charge is 0.485 e. The van der Waals surface area contributed by atoms with Crippen molar-refractivity contribution in [2.45, 2.75) is 20.5 Å². The van der Waals surface area contributed by atoms with E-state index in [-0.39, 0.29) is 0 Å². The van der Waals surface area contributed by atoms with E-state index in [2.05, 4.69) is 11.1 Å². The molecule has 0 N–H and O–H groups in total. The third kappa shape index (κ3) is 3.73. The second-order valence-corrected chi connectivity index (χ2v) is 6.18. The highest BCUT2D eigenvalue weighted by molar-refractivity contribution is 7.11. The van der Waals surface area contributed by atoms with E-state index in [0.717, 1.165) is 17.0 Å². The molecule has 0 radical (unpaired) electrons. The first-order chi connectivity index (χ1) is 11.7. The summed E-state index contributed by atoms with van der Waals surface area (Å²) in [5.41, 5.74) is 2.48. The lowest BCUT2D eigenvalue weighted by atomic mass is 10.2. The van der Waals surface area contributed by atoms with Crippen LogP contribution < -0.4 is 4.74 Å². The first kappa shape index (κ1) is 16.0. The molecule has 0 spiro atoms. The Hall–Kier alpha value is -2.84.